The minimum atomic E-state index is 0.00683. The molecule has 0 bridgehead atoms. The summed E-state index contributed by atoms with van der Waals surface area (Å²) >= 11 is 0. The van der Waals surface area contributed by atoms with Gasteiger partial charge in [-0.1, -0.05) is 24.3 Å². The highest BCUT2D eigenvalue weighted by atomic mass is 16.2. The molecule has 2 aliphatic carbocycles. The zero-order chi connectivity index (χ0) is 12.7. The molecule has 3 nitrogen and oxygen atoms in total. The van der Waals surface area contributed by atoms with Gasteiger partial charge >= 0.3 is 0 Å². The van der Waals surface area contributed by atoms with Gasteiger partial charge in [-0.25, -0.2) is 0 Å². The first-order valence-corrected chi connectivity index (χ1v) is 6.53. The number of Topliss-reactive ketones (excluding diaryl/α,β-unsaturated/α-hetero) is 1. The Morgan fingerprint density at radius 3 is 2.89 bits per heavy atom. The molecule has 0 spiro atoms. The monoisotopic (exact) mass is 243 g/mol. The minimum Gasteiger partial charge on any atom is -0.349 e. The second-order valence-electron chi connectivity index (χ2n) is 5.37. The number of benzene rings is 1. The second kappa shape index (κ2) is 4.23. The maximum Gasteiger partial charge on any atom is 0.224 e. The third kappa shape index (κ3) is 1.84. The Bertz CT molecular complexity index is 509. The van der Waals surface area contributed by atoms with Gasteiger partial charge in [-0.2, -0.15) is 0 Å². The summed E-state index contributed by atoms with van der Waals surface area (Å²) in [7, 11) is 0. The van der Waals surface area contributed by atoms with Crippen molar-refractivity contribution in [2.75, 3.05) is 6.54 Å². The van der Waals surface area contributed by atoms with Gasteiger partial charge in [0.25, 0.3) is 0 Å². The molecule has 1 N–H and O–H groups in total. The van der Waals surface area contributed by atoms with Gasteiger partial charge in [-0.15, -0.1) is 0 Å². The van der Waals surface area contributed by atoms with Crippen molar-refractivity contribution in [3.8, 4) is 0 Å². The van der Waals surface area contributed by atoms with Crippen LogP contribution in [0.5, 0.6) is 0 Å². The predicted molar refractivity (Wildman–Crippen MR) is 68.2 cm³/mol. The number of hydrogen-bond donors (Lipinski definition) is 1. The van der Waals surface area contributed by atoms with Crippen molar-refractivity contribution >= 4 is 11.7 Å². The van der Waals surface area contributed by atoms with Crippen molar-refractivity contribution in [3.05, 3.63) is 35.4 Å². The number of fused-ring (bicyclic) bond motifs is 3. The summed E-state index contributed by atoms with van der Waals surface area (Å²) < 4.78 is 0. The molecule has 94 valence electrons. The largest absolute Gasteiger partial charge is 0.349 e. The smallest absolute Gasteiger partial charge is 0.224 e. The summed E-state index contributed by atoms with van der Waals surface area (Å²) in [5.74, 6) is 1.03. The molecule has 3 rings (SSSR count). The van der Waals surface area contributed by atoms with E-state index in [9.17, 15) is 9.59 Å². The van der Waals surface area contributed by atoms with Crippen LogP contribution in [0.4, 0.5) is 0 Å². The summed E-state index contributed by atoms with van der Waals surface area (Å²) in [5, 5.41) is 2.74. The molecule has 18 heavy (non-hydrogen) atoms. The number of hydrogen-bond acceptors (Lipinski definition) is 2. The summed E-state index contributed by atoms with van der Waals surface area (Å²) in [6, 6.07) is 8.41. The predicted octanol–water partition coefficient (Wildman–Crippen LogP) is 1.67. The summed E-state index contributed by atoms with van der Waals surface area (Å²) in [6.45, 7) is 1.66. The van der Waals surface area contributed by atoms with E-state index in [4.69, 9.17) is 0 Å². The van der Waals surface area contributed by atoms with Crippen molar-refractivity contribution in [3.63, 3.8) is 0 Å². The highest BCUT2D eigenvalue weighted by Crippen LogP contribution is 2.59. The van der Waals surface area contributed by atoms with Crippen LogP contribution in [-0.2, 0) is 16.0 Å². The van der Waals surface area contributed by atoms with E-state index in [1.54, 1.807) is 0 Å². The van der Waals surface area contributed by atoms with Crippen molar-refractivity contribution in [1.82, 2.24) is 5.32 Å². The molecule has 0 aromatic heterocycles. The molecule has 0 saturated heterocycles. The summed E-state index contributed by atoms with van der Waals surface area (Å²) in [4.78, 5) is 22.9. The molecule has 0 heterocycles. The molecule has 2 aliphatic rings. The Balaban J connectivity index is 1.73. The van der Waals surface area contributed by atoms with E-state index < -0.39 is 0 Å². The zero-order valence-electron chi connectivity index (χ0n) is 10.5. The number of nitrogens with one attached hydrogen (secondary N) is 1. The molecular weight excluding hydrogens is 226 g/mol. The number of rotatable bonds is 3. The second-order valence-corrected chi connectivity index (χ2v) is 5.37. The van der Waals surface area contributed by atoms with Gasteiger partial charge in [-0.05, 0) is 42.7 Å². The number of ketones is 1. The van der Waals surface area contributed by atoms with Gasteiger partial charge in [0.2, 0.25) is 5.91 Å². The lowest BCUT2D eigenvalue weighted by Gasteiger charge is -2.13. The number of aryl methyl sites for hydroxylation is 1. The van der Waals surface area contributed by atoms with Gasteiger partial charge in [0, 0.05) is 5.92 Å². The van der Waals surface area contributed by atoms with Gasteiger partial charge in [-0.3, -0.25) is 9.59 Å². The number of amides is 1. The molecule has 3 heteroatoms. The van der Waals surface area contributed by atoms with Crippen LogP contribution in [0.2, 0.25) is 0 Å². The van der Waals surface area contributed by atoms with Crippen LogP contribution in [0, 0.1) is 11.8 Å². The maximum absolute atomic E-state index is 12.0. The molecule has 0 aliphatic heterocycles. The van der Waals surface area contributed by atoms with Crippen LogP contribution < -0.4 is 5.32 Å². The highest BCUT2D eigenvalue weighted by Gasteiger charge is 2.56. The third-order valence-corrected chi connectivity index (χ3v) is 4.14. The molecule has 1 amide bonds. The number of carbonyl (C=O) groups is 2. The summed E-state index contributed by atoms with van der Waals surface area (Å²) in [5.41, 5.74) is 2.73. The Labute approximate surface area is 107 Å². The molecule has 3 atom stereocenters. The first-order valence-electron chi connectivity index (χ1n) is 6.53. The Hall–Kier alpha value is -1.64. The zero-order valence-corrected chi connectivity index (χ0v) is 10.5. The quantitative estimate of drug-likeness (QED) is 0.877. The van der Waals surface area contributed by atoms with Crippen LogP contribution in [0.1, 0.15) is 30.4 Å². The molecule has 1 aromatic rings. The fourth-order valence-corrected chi connectivity index (χ4v) is 3.25. The standard InChI is InChI=1S/C15H17NO2/c1-9(17)8-16-15(18)14-12-7-6-10-4-2-3-5-11(10)13(12)14/h2-5,12-14H,6-8H2,1H3,(H,16,18). The Morgan fingerprint density at radius 2 is 2.11 bits per heavy atom. The fraction of sp³-hybridized carbons (Fsp3) is 0.467. The highest BCUT2D eigenvalue weighted by molar-refractivity contribution is 5.88. The van der Waals surface area contributed by atoms with E-state index in [0.717, 1.165) is 12.8 Å². The van der Waals surface area contributed by atoms with Gasteiger partial charge < -0.3 is 5.32 Å². The minimum absolute atomic E-state index is 0.00683. The molecule has 3 unspecified atom stereocenters. The lowest BCUT2D eigenvalue weighted by atomic mass is 9.92. The van der Waals surface area contributed by atoms with Crippen molar-refractivity contribution in [1.29, 1.82) is 0 Å². The molecule has 1 aromatic carbocycles. The van der Waals surface area contributed by atoms with Gasteiger partial charge in [0.1, 0.15) is 5.78 Å². The normalized spacial score (nSPS) is 27.9. The lowest BCUT2D eigenvalue weighted by molar-refractivity contribution is -0.125. The van der Waals surface area contributed by atoms with E-state index >= 15 is 0 Å². The van der Waals surface area contributed by atoms with E-state index in [1.807, 2.05) is 6.07 Å². The third-order valence-electron chi connectivity index (χ3n) is 4.14. The van der Waals surface area contributed by atoms with E-state index in [1.165, 1.54) is 18.1 Å². The molecule has 1 fully saturated rings. The van der Waals surface area contributed by atoms with E-state index in [2.05, 4.69) is 23.5 Å². The van der Waals surface area contributed by atoms with Crippen LogP contribution in [0.15, 0.2) is 24.3 Å². The Morgan fingerprint density at radius 1 is 1.33 bits per heavy atom. The van der Waals surface area contributed by atoms with Gasteiger partial charge in [0.15, 0.2) is 0 Å². The SMILES string of the molecule is CC(=O)CNC(=O)C1C2CCc3ccccc3C21. The van der Waals surface area contributed by atoms with E-state index in [0.29, 0.717) is 11.8 Å². The average molecular weight is 243 g/mol. The van der Waals surface area contributed by atoms with Crippen molar-refractivity contribution in [2.45, 2.75) is 25.7 Å². The van der Waals surface area contributed by atoms with Crippen LogP contribution in [0.3, 0.4) is 0 Å². The number of carbonyl (C=O) groups excluding carboxylic acids is 2. The van der Waals surface area contributed by atoms with Crippen LogP contribution in [0.25, 0.3) is 0 Å². The van der Waals surface area contributed by atoms with E-state index in [-0.39, 0.29) is 24.2 Å². The van der Waals surface area contributed by atoms with Crippen molar-refractivity contribution < 1.29 is 9.59 Å². The fourth-order valence-electron chi connectivity index (χ4n) is 3.25. The molecule has 1 saturated carbocycles. The lowest BCUT2D eigenvalue weighted by Crippen LogP contribution is -2.30. The van der Waals surface area contributed by atoms with Gasteiger partial charge in [0.05, 0.1) is 6.54 Å². The first kappa shape index (κ1) is 11.5. The Kier molecular flexibility index (Phi) is 2.69. The summed E-state index contributed by atoms with van der Waals surface area (Å²) in [6.07, 6.45) is 2.17. The topological polar surface area (TPSA) is 46.2 Å². The van der Waals surface area contributed by atoms with Crippen LogP contribution >= 0.6 is 0 Å². The maximum atomic E-state index is 12.0. The van der Waals surface area contributed by atoms with Crippen LogP contribution in [-0.4, -0.2) is 18.2 Å². The molecule has 0 radical (unpaired) electrons. The molecular formula is C15H17NO2. The van der Waals surface area contributed by atoms with Crippen molar-refractivity contribution in [2.24, 2.45) is 11.8 Å². The average Bonchev–Trinajstić information content (AvgIpc) is 3.10. The first-order chi connectivity index (χ1) is 8.68.